The summed E-state index contributed by atoms with van der Waals surface area (Å²) in [6.07, 6.45) is -0.00622. The molecule has 1 fully saturated rings. The van der Waals surface area contributed by atoms with Gasteiger partial charge in [0.2, 0.25) is 0 Å². The van der Waals surface area contributed by atoms with E-state index in [-0.39, 0.29) is 23.3 Å². The van der Waals surface area contributed by atoms with Crippen LogP contribution >= 0.6 is 0 Å². The van der Waals surface area contributed by atoms with E-state index in [1.807, 2.05) is 13.8 Å². The first-order valence-electron chi connectivity index (χ1n) is 9.57. The van der Waals surface area contributed by atoms with Crippen LogP contribution in [0.15, 0.2) is 30.5 Å². The molecule has 0 bridgehead atoms. The zero-order valence-corrected chi connectivity index (χ0v) is 16.2. The Bertz CT molecular complexity index is 892. The van der Waals surface area contributed by atoms with Crippen molar-refractivity contribution in [1.29, 1.82) is 0 Å². The van der Waals surface area contributed by atoms with Gasteiger partial charge in [0.1, 0.15) is 5.82 Å². The fourth-order valence-electron chi connectivity index (χ4n) is 3.22. The third-order valence-electron chi connectivity index (χ3n) is 5.15. The van der Waals surface area contributed by atoms with E-state index >= 15 is 0 Å². The van der Waals surface area contributed by atoms with E-state index < -0.39 is 17.6 Å². The average Bonchev–Trinajstić information content (AvgIpc) is 2.61. The van der Waals surface area contributed by atoms with E-state index in [4.69, 9.17) is 0 Å². The van der Waals surface area contributed by atoms with E-state index in [1.54, 1.807) is 6.07 Å². The standard InChI is InChI=1S/C21H23F4N3O/c1-12(2)14-9-18(26-11-15(14)20(29)27-10-13-5-3-6-13)28-17-8-4-7-16(19(17)22)21(23,24)25/h4,7-9,11-13H,3,5-6,10H2,1-2H3,(H,26,28)(H,27,29). The molecule has 1 aliphatic rings. The van der Waals surface area contributed by atoms with E-state index in [0.717, 1.165) is 18.9 Å². The number of alkyl halides is 3. The summed E-state index contributed by atoms with van der Waals surface area (Å²) < 4.78 is 53.0. The lowest BCUT2D eigenvalue weighted by molar-refractivity contribution is -0.139. The topological polar surface area (TPSA) is 54.0 Å². The van der Waals surface area contributed by atoms with Crippen molar-refractivity contribution in [3.63, 3.8) is 0 Å². The number of rotatable bonds is 6. The van der Waals surface area contributed by atoms with Crippen LogP contribution in [0.2, 0.25) is 0 Å². The van der Waals surface area contributed by atoms with Gasteiger partial charge in [0.25, 0.3) is 5.91 Å². The van der Waals surface area contributed by atoms with E-state index in [0.29, 0.717) is 29.7 Å². The van der Waals surface area contributed by atoms with Crippen LogP contribution in [0, 0.1) is 11.7 Å². The molecule has 3 rings (SSSR count). The van der Waals surface area contributed by atoms with Crippen molar-refractivity contribution in [1.82, 2.24) is 10.3 Å². The van der Waals surface area contributed by atoms with Crippen molar-refractivity contribution in [2.45, 2.75) is 45.2 Å². The molecule has 1 heterocycles. The zero-order valence-electron chi connectivity index (χ0n) is 16.2. The minimum absolute atomic E-state index is 0.0330. The number of benzene rings is 1. The number of carbonyl (C=O) groups excluding carboxylic acids is 1. The van der Waals surface area contributed by atoms with Crippen molar-refractivity contribution in [3.8, 4) is 0 Å². The van der Waals surface area contributed by atoms with Gasteiger partial charge in [0.05, 0.1) is 16.8 Å². The molecule has 1 saturated carbocycles. The van der Waals surface area contributed by atoms with E-state index in [1.165, 1.54) is 18.7 Å². The van der Waals surface area contributed by atoms with Gasteiger partial charge >= 0.3 is 6.18 Å². The molecule has 0 saturated heterocycles. The molecule has 0 unspecified atom stereocenters. The second-order valence-corrected chi connectivity index (χ2v) is 7.61. The Hall–Kier alpha value is -2.64. The third-order valence-corrected chi connectivity index (χ3v) is 5.15. The highest BCUT2D eigenvalue weighted by molar-refractivity contribution is 5.96. The highest BCUT2D eigenvalue weighted by atomic mass is 19.4. The number of nitrogens with zero attached hydrogens (tertiary/aromatic N) is 1. The largest absolute Gasteiger partial charge is 0.419 e. The fraction of sp³-hybridized carbons (Fsp3) is 0.429. The average molecular weight is 409 g/mol. The number of halogens is 4. The van der Waals surface area contributed by atoms with Crippen molar-refractivity contribution < 1.29 is 22.4 Å². The Labute approximate surface area is 166 Å². The predicted octanol–water partition coefficient (Wildman–Crippen LogP) is 5.64. The van der Waals surface area contributed by atoms with Crippen LogP contribution in [0.1, 0.15) is 60.5 Å². The Morgan fingerprint density at radius 2 is 2.00 bits per heavy atom. The summed E-state index contributed by atoms with van der Waals surface area (Å²) in [7, 11) is 0. The first-order valence-corrected chi connectivity index (χ1v) is 9.57. The van der Waals surface area contributed by atoms with Gasteiger partial charge in [-0.15, -0.1) is 0 Å². The van der Waals surface area contributed by atoms with Crippen LogP contribution in [0.4, 0.5) is 29.1 Å². The molecule has 1 aromatic carbocycles. The number of amides is 1. The lowest BCUT2D eigenvalue weighted by atomic mass is 9.85. The van der Waals surface area contributed by atoms with Crippen LogP contribution in [0.5, 0.6) is 0 Å². The SMILES string of the molecule is CC(C)c1cc(Nc2cccc(C(F)(F)F)c2F)ncc1C(=O)NCC1CCC1. The van der Waals surface area contributed by atoms with Gasteiger partial charge < -0.3 is 10.6 Å². The Balaban J connectivity index is 1.82. The molecule has 0 radical (unpaired) electrons. The lowest BCUT2D eigenvalue weighted by Gasteiger charge is -2.25. The second-order valence-electron chi connectivity index (χ2n) is 7.61. The predicted molar refractivity (Wildman–Crippen MR) is 103 cm³/mol. The number of anilines is 2. The number of carbonyl (C=O) groups is 1. The number of aromatic nitrogens is 1. The first kappa shape index (κ1) is 21.1. The molecule has 1 aromatic heterocycles. The summed E-state index contributed by atoms with van der Waals surface area (Å²) in [5, 5.41) is 5.51. The van der Waals surface area contributed by atoms with Gasteiger partial charge in [-0.1, -0.05) is 26.3 Å². The summed E-state index contributed by atoms with van der Waals surface area (Å²) in [6, 6.07) is 4.59. The Kier molecular flexibility index (Phi) is 6.10. The van der Waals surface area contributed by atoms with Crippen LogP contribution < -0.4 is 10.6 Å². The minimum atomic E-state index is -4.79. The molecule has 0 spiro atoms. The Morgan fingerprint density at radius 3 is 2.59 bits per heavy atom. The molecule has 8 heteroatoms. The molecule has 1 amide bonds. The highest BCUT2D eigenvalue weighted by Gasteiger charge is 2.35. The molecular weight excluding hydrogens is 386 g/mol. The number of hydrogen-bond acceptors (Lipinski definition) is 3. The first-order chi connectivity index (χ1) is 13.7. The maximum atomic E-state index is 14.3. The van der Waals surface area contributed by atoms with E-state index in [2.05, 4.69) is 15.6 Å². The summed E-state index contributed by atoms with van der Waals surface area (Å²) in [4.78, 5) is 16.6. The summed E-state index contributed by atoms with van der Waals surface area (Å²) >= 11 is 0. The van der Waals surface area contributed by atoms with Gasteiger partial charge in [-0.2, -0.15) is 13.2 Å². The zero-order chi connectivity index (χ0) is 21.2. The third kappa shape index (κ3) is 4.86. The van der Waals surface area contributed by atoms with Gasteiger partial charge in [-0.05, 0) is 48.4 Å². The van der Waals surface area contributed by atoms with Crippen molar-refractivity contribution in [2.75, 3.05) is 11.9 Å². The fourth-order valence-corrected chi connectivity index (χ4v) is 3.22. The second kappa shape index (κ2) is 8.39. The number of hydrogen-bond donors (Lipinski definition) is 2. The van der Waals surface area contributed by atoms with Crippen LogP contribution in [0.25, 0.3) is 0 Å². The summed E-state index contributed by atoms with van der Waals surface area (Å²) in [6.45, 7) is 4.41. The molecule has 156 valence electrons. The van der Waals surface area contributed by atoms with Crippen LogP contribution in [-0.4, -0.2) is 17.4 Å². The number of pyridine rings is 1. The van der Waals surface area contributed by atoms with Crippen molar-refractivity contribution >= 4 is 17.4 Å². The molecule has 0 atom stereocenters. The maximum absolute atomic E-state index is 14.3. The quantitative estimate of drug-likeness (QED) is 0.608. The summed E-state index contributed by atoms with van der Waals surface area (Å²) in [5.41, 5.74) is -0.585. The van der Waals surface area contributed by atoms with Gasteiger partial charge in [-0.3, -0.25) is 4.79 Å². The Morgan fingerprint density at radius 1 is 1.28 bits per heavy atom. The molecule has 2 aromatic rings. The monoisotopic (exact) mass is 409 g/mol. The lowest BCUT2D eigenvalue weighted by Crippen LogP contribution is -2.32. The number of nitrogens with one attached hydrogen (secondary N) is 2. The van der Waals surface area contributed by atoms with Gasteiger partial charge in [0, 0.05) is 12.7 Å². The molecule has 1 aliphatic carbocycles. The van der Waals surface area contributed by atoms with Gasteiger partial charge in [-0.25, -0.2) is 9.37 Å². The van der Waals surface area contributed by atoms with Crippen molar-refractivity contribution in [2.24, 2.45) is 5.92 Å². The van der Waals surface area contributed by atoms with E-state index in [9.17, 15) is 22.4 Å². The normalized spacial score (nSPS) is 14.6. The molecular formula is C21H23F4N3O. The van der Waals surface area contributed by atoms with Gasteiger partial charge in [0.15, 0.2) is 5.82 Å². The molecule has 0 aliphatic heterocycles. The highest BCUT2D eigenvalue weighted by Crippen LogP contribution is 2.35. The van der Waals surface area contributed by atoms with Crippen LogP contribution in [-0.2, 0) is 6.18 Å². The molecule has 29 heavy (non-hydrogen) atoms. The van der Waals surface area contributed by atoms with Crippen molar-refractivity contribution in [3.05, 3.63) is 53.0 Å². The maximum Gasteiger partial charge on any atom is 0.419 e. The summed E-state index contributed by atoms with van der Waals surface area (Å²) in [5.74, 6) is -0.976. The minimum Gasteiger partial charge on any atom is -0.352 e. The molecule has 2 N–H and O–H groups in total. The molecule has 4 nitrogen and oxygen atoms in total. The smallest absolute Gasteiger partial charge is 0.352 e. The van der Waals surface area contributed by atoms with Crippen LogP contribution in [0.3, 0.4) is 0 Å².